The molecule has 0 aromatic carbocycles. The van der Waals surface area contributed by atoms with Gasteiger partial charge < -0.3 is 24.7 Å². The van der Waals surface area contributed by atoms with Crippen LogP contribution >= 0.6 is 0 Å². The molecule has 17 heavy (non-hydrogen) atoms. The second kappa shape index (κ2) is 3.42. The maximum absolute atomic E-state index is 6.15. The summed E-state index contributed by atoms with van der Waals surface area (Å²) in [5.74, 6) is -1.14. The monoisotopic (exact) mass is 243 g/mol. The molecule has 3 rings (SSSR count). The topological polar surface area (TPSA) is 62.9 Å². The smallest absolute Gasteiger partial charge is 0.163 e. The molecule has 2 saturated heterocycles. The summed E-state index contributed by atoms with van der Waals surface area (Å²) in [4.78, 5) is 0. The molecule has 0 aromatic rings. The molecule has 5 heteroatoms. The first-order valence-electron chi connectivity index (χ1n) is 6.24. The van der Waals surface area contributed by atoms with E-state index >= 15 is 0 Å². The van der Waals surface area contributed by atoms with Crippen LogP contribution in [0.25, 0.3) is 0 Å². The van der Waals surface area contributed by atoms with Crippen molar-refractivity contribution >= 4 is 0 Å². The van der Waals surface area contributed by atoms with E-state index in [-0.39, 0.29) is 30.5 Å². The van der Waals surface area contributed by atoms with Gasteiger partial charge in [0.25, 0.3) is 0 Å². The zero-order valence-electron chi connectivity index (χ0n) is 10.8. The second-order valence-corrected chi connectivity index (χ2v) is 6.10. The maximum atomic E-state index is 6.15. The van der Waals surface area contributed by atoms with E-state index in [0.29, 0.717) is 0 Å². The molecular formula is C12H21NO4. The number of rotatable bonds is 0. The van der Waals surface area contributed by atoms with Crippen LogP contribution in [-0.2, 0) is 18.9 Å². The van der Waals surface area contributed by atoms with Crippen molar-refractivity contribution in [3.05, 3.63) is 0 Å². The van der Waals surface area contributed by atoms with E-state index in [2.05, 4.69) is 0 Å². The molecule has 3 aliphatic rings. The quantitative estimate of drug-likeness (QED) is 0.680. The maximum Gasteiger partial charge on any atom is 0.163 e. The third kappa shape index (κ3) is 1.90. The van der Waals surface area contributed by atoms with Crippen LogP contribution in [0.5, 0.6) is 0 Å². The van der Waals surface area contributed by atoms with Crippen LogP contribution < -0.4 is 5.73 Å². The number of fused-ring (bicyclic) bond motifs is 3. The molecule has 0 amide bonds. The van der Waals surface area contributed by atoms with Crippen LogP contribution in [-0.4, -0.2) is 42.0 Å². The fourth-order valence-corrected chi connectivity index (χ4v) is 3.13. The minimum absolute atomic E-state index is 0.0127. The van der Waals surface area contributed by atoms with Crippen molar-refractivity contribution in [2.24, 2.45) is 5.73 Å². The van der Waals surface area contributed by atoms with Crippen molar-refractivity contribution in [3.63, 3.8) is 0 Å². The molecule has 1 aliphatic carbocycles. The fraction of sp³-hybridized carbons (Fsp3) is 1.00. The predicted molar refractivity (Wildman–Crippen MR) is 60.2 cm³/mol. The zero-order chi connectivity index (χ0) is 12.4. The van der Waals surface area contributed by atoms with E-state index in [1.54, 1.807) is 0 Å². The highest BCUT2D eigenvalue weighted by Gasteiger charge is 2.58. The van der Waals surface area contributed by atoms with Crippen molar-refractivity contribution < 1.29 is 18.9 Å². The molecule has 2 N–H and O–H groups in total. The first-order chi connectivity index (χ1) is 7.77. The predicted octanol–water partition coefficient (Wildman–Crippen LogP) is 0.758. The van der Waals surface area contributed by atoms with Gasteiger partial charge in [-0.25, -0.2) is 0 Å². The van der Waals surface area contributed by atoms with E-state index < -0.39 is 11.6 Å². The highest BCUT2D eigenvalue weighted by Crippen LogP contribution is 2.44. The Morgan fingerprint density at radius 3 is 2.06 bits per heavy atom. The Morgan fingerprint density at radius 1 is 0.824 bits per heavy atom. The van der Waals surface area contributed by atoms with Crippen LogP contribution in [0.4, 0.5) is 0 Å². The highest BCUT2D eigenvalue weighted by molar-refractivity contribution is 5.04. The van der Waals surface area contributed by atoms with E-state index in [1.807, 2.05) is 27.7 Å². The summed E-state index contributed by atoms with van der Waals surface area (Å²) >= 11 is 0. The summed E-state index contributed by atoms with van der Waals surface area (Å²) in [6, 6.07) is -0.0551. The third-order valence-corrected chi connectivity index (χ3v) is 3.64. The molecule has 5 nitrogen and oxygen atoms in total. The standard InChI is InChI=1S/C12H21NO4/c1-11(2)14-7-5-6(13)8-10(9(7)16-11)17-12(3,4)15-8/h6-10H,5,13H2,1-4H3/t6-,7-,8+,9+,10+/m1/s1. The largest absolute Gasteiger partial charge is 0.344 e. The molecular weight excluding hydrogens is 222 g/mol. The van der Waals surface area contributed by atoms with Crippen molar-refractivity contribution in [3.8, 4) is 0 Å². The Balaban J connectivity index is 1.86. The summed E-state index contributed by atoms with van der Waals surface area (Å²) in [5.41, 5.74) is 6.15. The van der Waals surface area contributed by atoms with Crippen molar-refractivity contribution in [1.29, 1.82) is 0 Å². The summed E-state index contributed by atoms with van der Waals surface area (Å²) in [6.07, 6.45) is 0.480. The number of ether oxygens (including phenoxy) is 4. The second-order valence-electron chi connectivity index (χ2n) is 6.10. The fourth-order valence-electron chi connectivity index (χ4n) is 3.13. The minimum Gasteiger partial charge on any atom is -0.344 e. The molecule has 0 radical (unpaired) electrons. The van der Waals surface area contributed by atoms with Crippen molar-refractivity contribution in [2.75, 3.05) is 0 Å². The summed E-state index contributed by atoms with van der Waals surface area (Å²) in [6.45, 7) is 7.67. The lowest BCUT2D eigenvalue weighted by Gasteiger charge is -2.35. The van der Waals surface area contributed by atoms with Crippen molar-refractivity contribution in [2.45, 2.75) is 76.1 Å². The molecule has 5 atom stereocenters. The van der Waals surface area contributed by atoms with E-state index in [0.717, 1.165) is 6.42 Å². The molecule has 0 spiro atoms. The summed E-state index contributed by atoms with van der Waals surface area (Å²) < 4.78 is 23.6. The van der Waals surface area contributed by atoms with Gasteiger partial charge in [-0.1, -0.05) is 0 Å². The third-order valence-electron chi connectivity index (χ3n) is 3.64. The molecule has 98 valence electrons. The van der Waals surface area contributed by atoms with Gasteiger partial charge in [-0.05, 0) is 34.1 Å². The van der Waals surface area contributed by atoms with Gasteiger partial charge in [-0.2, -0.15) is 0 Å². The van der Waals surface area contributed by atoms with Gasteiger partial charge in [-0.3, -0.25) is 0 Å². The lowest BCUT2D eigenvalue weighted by molar-refractivity contribution is -0.175. The molecule has 3 fully saturated rings. The lowest BCUT2D eigenvalue weighted by Crippen LogP contribution is -2.56. The number of hydrogen-bond donors (Lipinski definition) is 1. The summed E-state index contributed by atoms with van der Waals surface area (Å²) in [5, 5.41) is 0. The van der Waals surface area contributed by atoms with Crippen LogP contribution in [0.1, 0.15) is 34.1 Å². The normalized spacial score (nSPS) is 51.0. The number of nitrogens with two attached hydrogens (primary N) is 1. The van der Waals surface area contributed by atoms with Gasteiger partial charge in [0, 0.05) is 6.04 Å². The van der Waals surface area contributed by atoms with Gasteiger partial charge in [0.1, 0.15) is 18.3 Å². The van der Waals surface area contributed by atoms with Crippen LogP contribution in [0, 0.1) is 0 Å². The van der Waals surface area contributed by atoms with Crippen LogP contribution in [0.2, 0.25) is 0 Å². The molecule has 2 heterocycles. The van der Waals surface area contributed by atoms with E-state index in [9.17, 15) is 0 Å². The first-order valence-corrected chi connectivity index (χ1v) is 6.24. The Hall–Kier alpha value is -0.200. The minimum atomic E-state index is -0.585. The van der Waals surface area contributed by atoms with Crippen LogP contribution in [0.15, 0.2) is 0 Å². The molecule has 0 unspecified atom stereocenters. The average molecular weight is 243 g/mol. The van der Waals surface area contributed by atoms with Gasteiger partial charge in [0.05, 0.1) is 6.10 Å². The Bertz CT molecular complexity index is 330. The SMILES string of the molecule is CC1(C)O[C@H]2[C@@H](O1)[C@H](N)C[C@H]1OC(C)(C)O[C@H]21. The Kier molecular flexibility index (Phi) is 2.39. The van der Waals surface area contributed by atoms with Gasteiger partial charge in [0.2, 0.25) is 0 Å². The average Bonchev–Trinajstić information content (AvgIpc) is 2.62. The van der Waals surface area contributed by atoms with Crippen LogP contribution in [0.3, 0.4) is 0 Å². The van der Waals surface area contributed by atoms with Gasteiger partial charge in [-0.15, -0.1) is 0 Å². The van der Waals surface area contributed by atoms with Crippen molar-refractivity contribution in [1.82, 2.24) is 0 Å². The van der Waals surface area contributed by atoms with E-state index in [1.165, 1.54) is 0 Å². The molecule has 1 saturated carbocycles. The van der Waals surface area contributed by atoms with Gasteiger partial charge >= 0.3 is 0 Å². The van der Waals surface area contributed by atoms with E-state index in [4.69, 9.17) is 24.7 Å². The summed E-state index contributed by atoms with van der Waals surface area (Å²) in [7, 11) is 0. The Labute approximate surface area is 102 Å². The highest BCUT2D eigenvalue weighted by atomic mass is 16.8. The first kappa shape index (κ1) is 11.9. The molecule has 2 aliphatic heterocycles. The zero-order valence-corrected chi connectivity index (χ0v) is 10.8. The lowest BCUT2D eigenvalue weighted by atomic mass is 9.86. The molecule has 0 bridgehead atoms. The Morgan fingerprint density at radius 2 is 1.35 bits per heavy atom. The molecule has 0 aromatic heterocycles. The van der Waals surface area contributed by atoms with Gasteiger partial charge in [0.15, 0.2) is 11.6 Å². The number of hydrogen-bond acceptors (Lipinski definition) is 5.